The Hall–Kier alpha value is -0.260. The molecule has 0 N–H and O–H groups in total. The molecule has 0 radical (unpaired) electrons. The van der Waals surface area contributed by atoms with Crippen LogP contribution in [0.15, 0.2) is 11.6 Å². The molecule has 8 atom stereocenters. The molecular weight excluding hydrogens is 360 g/mol. The summed E-state index contributed by atoms with van der Waals surface area (Å²) in [5, 5.41) is 0. The Labute approximate surface area is 189 Å². The normalized spacial score (nSPS) is 44.2. The van der Waals surface area contributed by atoms with Crippen LogP contribution in [-0.2, 0) is 0 Å². The lowest BCUT2D eigenvalue weighted by Crippen LogP contribution is -2.50. The van der Waals surface area contributed by atoms with Crippen molar-refractivity contribution in [2.75, 3.05) is 0 Å². The molecule has 4 aliphatic carbocycles. The minimum Gasteiger partial charge on any atom is -0.0845 e. The van der Waals surface area contributed by atoms with E-state index in [9.17, 15) is 0 Å². The second kappa shape index (κ2) is 8.94. The quantitative estimate of drug-likeness (QED) is 0.365. The molecule has 0 spiro atoms. The van der Waals surface area contributed by atoms with E-state index in [-0.39, 0.29) is 0 Å². The first-order valence-electron chi connectivity index (χ1n) is 14.0. The van der Waals surface area contributed by atoms with Crippen LogP contribution in [-0.4, -0.2) is 0 Å². The number of hydrogen-bond acceptors (Lipinski definition) is 0. The van der Waals surface area contributed by atoms with Gasteiger partial charge in [-0.05, 0) is 104 Å². The van der Waals surface area contributed by atoms with Gasteiger partial charge in [-0.2, -0.15) is 0 Å². The minimum atomic E-state index is 0.551. The van der Waals surface area contributed by atoms with Crippen LogP contribution in [0.4, 0.5) is 0 Å². The Morgan fingerprint density at radius 2 is 1.77 bits per heavy atom. The van der Waals surface area contributed by atoms with Crippen molar-refractivity contribution in [2.24, 2.45) is 52.3 Å². The van der Waals surface area contributed by atoms with Crippen molar-refractivity contribution >= 4 is 0 Å². The van der Waals surface area contributed by atoms with Crippen LogP contribution in [0.2, 0.25) is 0 Å². The van der Waals surface area contributed by atoms with Crippen LogP contribution in [0, 0.1) is 52.3 Å². The maximum absolute atomic E-state index is 2.79. The summed E-state index contributed by atoms with van der Waals surface area (Å²) in [6.07, 6.45) is 21.9. The first-order chi connectivity index (χ1) is 14.3. The Balaban J connectivity index is 1.47. The molecular formula is C30H52. The maximum atomic E-state index is 2.79. The molecule has 0 saturated heterocycles. The van der Waals surface area contributed by atoms with Gasteiger partial charge in [0.1, 0.15) is 0 Å². The fourth-order valence-corrected chi connectivity index (χ4v) is 9.42. The van der Waals surface area contributed by atoms with Gasteiger partial charge < -0.3 is 0 Å². The highest BCUT2D eigenvalue weighted by Gasteiger charge is 2.59. The third-order valence-electron chi connectivity index (χ3n) is 11.1. The molecule has 0 amide bonds. The topological polar surface area (TPSA) is 0 Å². The molecule has 0 aromatic rings. The van der Waals surface area contributed by atoms with E-state index in [0.29, 0.717) is 10.8 Å². The first kappa shape index (κ1) is 22.9. The Bertz CT molecular complexity index is 614. The van der Waals surface area contributed by atoms with E-state index in [1.54, 1.807) is 0 Å². The van der Waals surface area contributed by atoms with Gasteiger partial charge in [-0.15, -0.1) is 0 Å². The fourth-order valence-electron chi connectivity index (χ4n) is 9.42. The summed E-state index contributed by atoms with van der Waals surface area (Å²) in [7, 11) is 0. The molecule has 4 rings (SSSR count). The second-order valence-electron chi connectivity index (χ2n) is 13.2. The zero-order valence-electron chi connectivity index (χ0n) is 21.3. The van der Waals surface area contributed by atoms with Gasteiger partial charge in [0.25, 0.3) is 0 Å². The fraction of sp³-hybridized carbons (Fsp3) is 0.933. The van der Waals surface area contributed by atoms with Gasteiger partial charge in [-0.3, -0.25) is 0 Å². The van der Waals surface area contributed by atoms with Gasteiger partial charge in [0.2, 0.25) is 0 Å². The summed E-state index contributed by atoms with van der Waals surface area (Å²) < 4.78 is 0. The molecule has 30 heavy (non-hydrogen) atoms. The zero-order valence-corrected chi connectivity index (χ0v) is 21.3. The predicted octanol–water partition coefficient (Wildman–Crippen LogP) is 9.44. The van der Waals surface area contributed by atoms with Gasteiger partial charge in [0, 0.05) is 0 Å². The smallest absolute Gasteiger partial charge is 0.00851 e. The van der Waals surface area contributed by atoms with Gasteiger partial charge in [-0.1, -0.05) is 85.3 Å². The highest BCUT2D eigenvalue weighted by Crippen LogP contribution is 2.67. The lowest BCUT2D eigenvalue weighted by atomic mass is 9.46. The SMILES string of the molecule is CCC[C@H]1CCC2(C)C(=CC[C@H]3C2CCC2(C)C([C@H](C)CCCC(C)C)CC[C@@H]32)C1. The summed E-state index contributed by atoms with van der Waals surface area (Å²) in [4.78, 5) is 0. The zero-order chi connectivity index (χ0) is 21.5. The van der Waals surface area contributed by atoms with Crippen molar-refractivity contribution < 1.29 is 0 Å². The van der Waals surface area contributed by atoms with Crippen molar-refractivity contribution in [3.63, 3.8) is 0 Å². The van der Waals surface area contributed by atoms with Crippen LogP contribution < -0.4 is 0 Å². The van der Waals surface area contributed by atoms with Gasteiger partial charge in [-0.25, -0.2) is 0 Å². The van der Waals surface area contributed by atoms with Crippen molar-refractivity contribution in [3.8, 4) is 0 Å². The second-order valence-corrected chi connectivity index (χ2v) is 13.2. The number of rotatable bonds is 7. The van der Waals surface area contributed by atoms with Gasteiger partial charge >= 0.3 is 0 Å². The number of fused-ring (bicyclic) bond motifs is 5. The average Bonchev–Trinajstić information content (AvgIpc) is 3.05. The van der Waals surface area contributed by atoms with E-state index in [4.69, 9.17) is 0 Å². The summed E-state index contributed by atoms with van der Waals surface area (Å²) in [5.41, 5.74) is 3.09. The Morgan fingerprint density at radius 1 is 0.967 bits per heavy atom. The lowest BCUT2D eigenvalue weighted by Gasteiger charge is -2.58. The molecule has 0 aromatic heterocycles. The molecule has 0 heteroatoms. The average molecular weight is 413 g/mol. The molecule has 4 aliphatic rings. The third kappa shape index (κ3) is 3.96. The van der Waals surface area contributed by atoms with Crippen molar-refractivity contribution in [1.29, 1.82) is 0 Å². The summed E-state index contributed by atoms with van der Waals surface area (Å²) in [5.74, 6) is 6.79. The molecule has 0 aliphatic heterocycles. The standard InChI is InChI=1S/C30H52/c1-7-9-23-16-18-29(5)24(20-23)12-13-25-27-15-14-26(22(4)11-8-10-21(2)3)30(27,6)19-17-28(25)29/h12,21-23,25-28H,7-11,13-20H2,1-6H3/t22-,23+,25-,26?,27+,28?,29?,30?/m1/s1. The van der Waals surface area contributed by atoms with Gasteiger partial charge in [0.05, 0.1) is 0 Å². The molecule has 172 valence electrons. The van der Waals surface area contributed by atoms with Gasteiger partial charge in [0.15, 0.2) is 0 Å². The van der Waals surface area contributed by atoms with E-state index in [1.807, 2.05) is 5.57 Å². The number of hydrogen-bond donors (Lipinski definition) is 0. The molecule has 0 nitrogen and oxygen atoms in total. The van der Waals surface area contributed by atoms with Crippen LogP contribution in [0.25, 0.3) is 0 Å². The largest absolute Gasteiger partial charge is 0.0845 e. The van der Waals surface area contributed by atoms with E-state index in [0.717, 1.165) is 41.4 Å². The van der Waals surface area contributed by atoms with Crippen LogP contribution >= 0.6 is 0 Å². The molecule has 0 bridgehead atoms. The number of allylic oxidation sites excluding steroid dienone is 2. The third-order valence-corrected chi connectivity index (χ3v) is 11.1. The highest BCUT2D eigenvalue weighted by molar-refractivity contribution is 5.25. The summed E-state index contributed by atoms with van der Waals surface area (Å²) in [6, 6.07) is 0. The van der Waals surface area contributed by atoms with E-state index in [1.165, 1.54) is 83.5 Å². The molecule has 3 saturated carbocycles. The molecule has 0 heterocycles. The minimum absolute atomic E-state index is 0.551. The predicted molar refractivity (Wildman–Crippen MR) is 131 cm³/mol. The Kier molecular flexibility index (Phi) is 6.83. The van der Waals surface area contributed by atoms with Crippen LogP contribution in [0.3, 0.4) is 0 Å². The molecule has 0 aromatic carbocycles. The van der Waals surface area contributed by atoms with Crippen LogP contribution in [0.1, 0.15) is 125 Å². The van der Waals surface area contributed by atoms with Crippen molar-refractivity contribution in [3.05, 3.63) is 11.6 Å². The monoisotopic (exact) mass is 412 g/mol. The lowest BCUT2D eigenvalue weighted by molar-refractivity contribution is -0.0529. The van der Waals surface area contributed by atoms with E-state index in [2.05, 4.69) is 47.6 Å². The first-order valence-corrected chi connectivity index (χ1v) is 14.0. The highest BCUT2D eigenvalue weighted by atomic mass is 14.6. The Morgan fingerprint density at radius 3 is 2.50 bits per heavy atom. The van der Waals surface area contributed by atoms with Crippen molar-refractivity contribution in [2.45, 2.75) is 125 Å². The summed E-state index contributed by atoms with van der Waals surface area (Å²) >= 11 is 0. The summed E-state index contributed by atoms with van der Waals surface area (Å²) in [6.45, 7) is 15.2. The van der Waals surface area contributed by atoms with E-state index >= 15 is 0 Å². The molecule has 3 fully saturated rings. The van der Waals surface area contributed by atoms with Crippen LogP contribution in [0.5, 0.6) is 0 Å². The maximum Gasteiger partial charge on any atom is -0.00851 e. The molecule has 4 unspecified atom stereocenters. The van der Waals surface area contributed by atoms with Crippen molar-refractivity contribution in [1.82, 2.24) is 0 Å². The van der Waals surface area contributed by atoms with E-state index < -0.39 is 0 Å².